The number of ketones is 1. The molecule has 0 bridgehead atoms. The summed E-state index contributed by atoms with van der Waals surface area (Å²) in [6.45, 7) is -0.232. The zero-order valence-corrected chi connectivity index (χ0v) is 13.7. The number of Topliss-reactive ketones (excluding diaryl/α,β-unsaturated/α-hetero) is 1. The molecule has 0 spiro atoms. The minimum absolute atomic E-state index is 0.232. The molecule has 2 aromatic carbocycles. The normalized spacial score (nSPS) is 9.75. The van der Waals surface area contributed by atoms with Crippen molar-refractivity contribution in [3.63, 3.8) is 0 Å². The number of hydrogen-bond donors (Lipinski definition) is 0. The van der Waals surface area contributed by atoms with Crippen molar-refractivity contribution in [3.05, 3.63) is 47.5 Å². The zero-order valence-electron chi connectivity index (χ0n) is 13.7. The first kappa shape index (κ1) is 17.2. The molecule has 6 nitrogen and oxygen atoms in total. The van der Waals surface area contributed by atoms with E-state index in [1.807, 2.05) is 6.07 Å². The molecule has 0 unspecified atom stereocenters. The average molecular weight is 327 g/mol. The quantitative estimate of drug-likeness (QED) is 0.728. The van der Waals surface area contributed by atoms with Crippen LogP contribution in [0.2, 0.25) is 0 Å². The van der Waals surface area contributed by atoms with E-state index in [9.17, 15) is 4.79 Å². The first-order chi connectivity index (χ1) is 11.6. The van der Waals surface area contributed by atoms with E-state index in [1.54, 1.807) is 36.4 Å². The molecule has 0 aliphatic carbocycles. The van der Waals surface area contributed by atoms with E-state index in [0.717, 1.165) is 0 Å². The largest absolute Gasteiger partial charge is 0.497 e. The smallest absolute Gasteiger partial charge is 0.204 e. The summed E-state index contributed by atoms with van der Waals surface area (Å²) in [5.74, 6) is 1.54. The number of hydrogen-bond acceptors (Lipinski definition) is 6. The van der Waals surface area contributed by atoms with Gasteiger partial charge >= 0.3 is 0 Å². The predicted octanol–water partition coefficient (Wildman–Crippen LogP) is 2.85. The summed E-state index contributed by atoms with van der Waals surface area (Å²) in [5, 5.41) is 9.16. The topological polar surface area (TPSA) is 77.8 Å². The van der Waals surface area contributed by atoms with Crippen LogP contribution in [-0.4, -0.2) is 33.7 Å². The van der Waals surface area contributed by atoms with E-state index in [0.29, 0.717) is 34.1 Å². The Labute approximate surface area is 140 Å². The fourth-order valence-electron chi connectivity index (χ4n) is 2.10. The first-order valence-electron chi connectivity index (χ1n) is 7.09. The molecule has 0 saturated heterocycles. The number of carbonyl (C=O) groups excluding carboxylic acids is 1. The molecular weight excluding hydrogens is 310 g/mol. The van der Waals surface area contributed by atoms with Crippen LogP contribution in [0.1, 0.15) is 15.9 Å². The van der Waals surface area contributed by atoms with Crippen molar-refractivity contribution in [3.8, 4) is 29.1 Å². The highest BCUT2D eigenvalue weighted by molar-refractivity contribution is 6.00. The Hall–Kier alpha value is -3.20. The molecule has 0 aliphatic rings. The fourth-order valence-corrected chi connectivity index (χ4v) is 2.10. The Morgan fingerprint density at radius 3 is 2.17 bits per heavy atom. The molecular formula is C18H17NO5. The molecule has 24 heavy (non-hydrogen) atoms. The van der Waals surface area contributed by atoms with Crippen molar-refractivity contribution < 1.29 is 23.7 Å². The van der Waals surface area contributed by atoms with Crippen molar-refractivity contribution in [2.75, 3.05) is 27.9 Å². The maximum absolute atomic E-state index is 12.4. The van der Waals surface area contributed by atoms with Crippen LogP contribution in [0.15, 0.2) is 36.4 Å². The Bertz CT molecular complexity index is 779. The van der Waals surface area contributed by atoms with Gasteiger partial charge in [0.15, 0.2) is 6.61 Å². The molecule has 124 valence electrons. The Balaban J connectivity index is 2.18. The highest BCUT2D eigenvalue weighted by atomic mass is 16.5. The van der Waals surface area contributed by atoms with Gasteiger partial charge in [-0.3, -0.25) is 4.79 Å². The van der Waals surface area contributed by atoms with Gasteiger partial charge in [-0.1, -0.05) is 0 Å². The van der Waals surface area contributed by atoms with Crippen LogP contribution in [0.4, 0.5) is 0 Å². The molecule has 6 heteroatoms. The second kappa shape index (κ2) is 7.88. The molecule has 0 saturated carbocycles. The Morgan fingerprint density at radius 1 is 0.958 bits per heavy atom. The molecule has 0 heterocycles. The number of benzene rings is 2. The van der Waals surface area contributed by atoms with E-state index in [1.165, 1.54) is 21.3 Å². The molecule has 0 radical (unpaired) electrons. The number of nitriles is 1. The molecule has 2 aromatic rings. The lowest BCUT2D eigenvalue weighted by Crippen LogP contribution is -2.13. The van der Waals surface area contributed by atoms with Crippen LogP contribution >= 0.6 is 0 Å². The van der Waals surface area contributed by atoms with Gasteiger partial charge in [0.25, 0.3) is 0 Å². The number of nitrogens with zero attached hydrogens (tertiary/aromatic N) is 1. The van der Waals surface area contributed by atoms with Gasteiger partial charge in [-0.25, -0.2) is 0 Å². The van der Waals surface area contributed by atoms with Gasteiger partial charge in [-0.15, -0.1) is 0 Å². The van der Waals surface area contributed by atoms with Gasteiger partial charge in [0.2, 0.25) is 5.78 Å². The standard InChI is InChI=1S/C18H17NO5/c1-21-13-4-6-17(12(8-13)10-19)24-11-16(20)15-9-14(22-2)5-7-18(15)23-3/h4-9H,11H2,1-3H3. The summed E-state index contributed by atoms with van der Waals surface area (Å²) in [4.78, 5) is 12.4. The summed E-state index contributed by atoms with van der Waals surface area (Å²) >= 11 is 0. The van der Waals surface area contributed by atoms with E-state index in [2.05, 4.69) is 0 Å². The number of methoxy groups -OCH3 is 3. The minimum atomic E-state index is -0.287. The predicted molar refractivity (Wildman–Crippen MR) is 87.1 cm³/mol. The van der Waals surface area contributed by atoms with Gasteiger partial charge < -0.3 is 18.9 Å². The molecule has 0 amide bonds. The fraction of sp³-hybridized carbons (Fsp3) is 0.222. The summed E-state index contributed by atoms with van der Waals surface area (Å²) in [5.41, 5.74) is 0.642. The van der Waals surface area contributed by atoms with Crippen molar-refractivity contribution >= 4 is 5.78 Å². The zero-order chi connectivity index (χ0) is 17.5. The van der Waals surface area contributed by atoms with E-state index >= 15 is 0 Å². The van der Waals surface area contributed by atoms with Crippen molar-refractivity contribution in [1.82, 2.24) is 0 Å². The lowest BCUT2D eigenvalue weighted by molar-refractivity contribution is 0.0918. The molecule has 0 fully saturated rings. The highest BCUT2D eigenvalue weighted by Gasteiger charge is 2.15. The molecule has 0 aliphatic heterocycles. The first-order valence-corrected chi connectivity index (χ1v) is 7.09. The van der Waals surface area contributed by atoms with Crippen LogP contribution in [0, 0.1) is 11.3 Å². The Kier molecular flexibility index (Phi) is 5.63. The molecule has 0 N–H and O–H groups in total. The summed E-state index contributed by atoms with van der Waals surface area (Å²) in [6.07, 6.45) is 0. The number of carbonyl (C=O) groups is 1. The second-order valence-electron chi connectivity index (χ2n) is 4.75. The maximum atomic E-state index is 12.4. The summed E-state index contributed by atoms with van der Waals surface area (Å²) < 4.78 is 20.9. The lowest BCUT2D eigenvalue weighted by atomic mass is 10.1. The number of rotatable bonds is 7. The second-order valence-corrected chi connectivity index (χ2v) is 4.75. The van der Waals surface area contributed by atoms with Crippen molar-refractivity contribution in [2.45, 2.75) is 0 Å². The van der Waals surface area contributed by atoms with E-state index < -0.39 is 0 Å². The molecule has 0 atom stereocenters. The van der Waals surface area contributed by atoms with E-state index in [-0.39, 0.29) is 12.4 Å². The third-order valence-corrected chi connectivity index (χ3v) is 3.37. The highest BCUT2D eigenvalue weighted by Crippen LogP contribution is 2.26. The van der Waals surface area contributed by atoms with Crippen molar-refractivity contribution in [2.24, 2.45) is 0 Å². The van der Waals surface area contributed by atoms with Gasteiger partial charge in [0.1, 0.15) is 29.1 Å². The lowest BCUT2D eigenvalue weighted by Gasteiger charge is -2.11. The van der Waals surface area contributed by atoms with Gasteiger partial charge in [-0.05, 0) is 30.3 Å². The summed E-state index contributed by atoms with van der Waals surface area (Å²) in [7, 11) is 4.51. The van der Waals surface area contributed by atoms with E-state index in [4.69, 9.17) is 24.2 Å². The SMILES string of the molecule is COc1ccc(OCC(=O)c2cc(OC)ccc2OC)c(C#N)c1. The van der Waals surface area contributed by atoms with Crippen LogP contribution in [0.5, 0.6) is 23.0 Å². The number of ether oxygens (including phenoxy) is 4. The third-order valence-electron chi connectivity index (χ3n) is 3.37. The maximum Gasteiger partial charge on any atom is 0.204 e. The average Bonchev–Trinajstić information content (AvgIpc) is 2.65. The van der Waals surface area contributed by atoms with Crippen LogP contribution in [0.25, 0.3) is 0 Å². The van der Waals surface area contributed by atoms with Crippen molar-refractivity contribution in [1.29, 1.82) is 5.26 Å². The van der Waals surface area contributed by atoms with Crippen LogP contribution < -0.4 is 18.9 Å². The monoisotopic (exact) mass is 327 g/mol. The molecule has 0 aromatic heterocycles. The van der Waals surface area contributed by atoms with Gasteiger partial charge in [0, 0.05) is 6.07 Å². The minimum Gasteiger partial charge on any atom is -0.497 e. The summed E-state index contributed by atoms with van der Waals surface area (Å²) in [6, 6.07) is 11.8. The van der Waals surface area contributed by atoms with Crippen LogP contribution in [-0.2, 0) is 0 Å². The van der Waals surface area contributed by atoms with Crippen LogP contribution in [0.3, 0.4) is 0 Å². The molecule has 2 rings (SSSR count). The van der Waals surface area contributed by atoms with Gasteiger partial charge in [0.05, 0.1) is 32.5 Å². The van der Waals surface area contributed by atoms with Gasteiger partial charge in [-0.2, -0.15) is 5.26 Å². The third kappa shape index (κ3) is 3.76. The Morgan fingerprint density at radius 2 is 1.58 bits per heavy atom.